The molecule has 0 saturated carbocycles. The average molecular weight is 226 g/mol. The zero-order chi connectivity index (χ0) is 12.3. The van der Waals surface area contributed by atoms with Gasteiger partial charge in [0.05, 0.1) is 13.2 Å². The van der Waals surface area contributed by atoms with Crippen molar-refractivity contribution in [3.05, 3.63) is 20.4 Å². The molecule has 0 amide bonds. The minimum absolute atomic E-state index is 0.0966. The van der Waals surface area contributed by atoms with E-state index in [2.05, 4.69) is 0 Å². The Hall–Kier alpha value is -1.32. The molecule has 1 aromatic carbocycles. The van der Waals surface area contributed by atoms with E-state index in [1.807, 2.05) is 27.7 Å². The van der Waals surface area contributed by atoms with Gasteiger partial charge in [0, 0.05) is 0 Å². The first-order valence-electron chi connectivity index (χ1n) is 5.52. The number of hydrogen-bond donors (Lipinski definition) is 0. The molecule has 0 atom stereocenters. The van der Waals surface area contributed by atoms with Gasteiger partial charge in [0.1, 0.15) is 0 Å². The van der Waals surface area contributed by atoms with Crippen LogP contribution >= 0.6 is 0 Å². The summed E-state index contributed by atoms with van der Waals surface area (Å²) in [5, 5.41) is 0. The number of hydrogen-bond acceptors (Lipinski definition) is 4. The van der Waals surface area contributed by atoms with Crippen molar-refractivity contribution in [2.45, 2.75) is 27.7 Å². The first-order valence-corrected chi connectivity index (χ1v) is 5.52. The van der Waals surface area contributed by atoms with E-state index < -0.39 is 10.9 Å². The summed E-state index contributed by atoms with van der Waals surface area (Å²) in [5.74, 6) is 0.809. The Morgan fingerprint density at radius 3 is 1.38 bits per heavy atom. The smallest absolute Gasteiger partial charge is 0.275 e. The van der Waals surface area contributed by atoms with Gasteiger partial charge in [0.25, 0.3) is 10.9 Å². The summed E-state index contributed by atoms with van der Waals surface area (Å²) in [6, 6.07) is 0. The van der Waals surface area contributed by atoms with Gasteiger partial charge in [0.15, 0.2) is 0 Å². The quantitative estimate of drug-likeness (QED) is 0.687. The molecule has 0 fully saturated rings. The van der Waals surface area contributed by atoms with Crippen molar-refractivity contribution >= 4 is 0 Å². The van der Waals surface area contributed by atoms with Crippen LogP contribution in [0.4, 0.5) is 0 Å². The zero-order valence-corrected chi connectivity index (χ0v) is 10.2. The standard InChI is InChI=1S/C12H18O4/c1-7(2)5-15-11-9(13)10(14)12(11)16-6-8(3)4/h7-8H,5-6H2,1-4H3. The molecule has 90 valence electrons. The van der Waals surface area contributed by atoms with Gasteiger partial charge in [0.2, 0.25) is 11.5 Å². The third-order valence-corrected chi connectivity index (χ3v) is 1.95. The molecule has 0 spiro atoms. The monoisotopic (exact) mass is 226 g/mol. The summed E-state index contributed by atoms with van der Waals surface area (Å²) in [6.07, 6.45) is 0. The van der Waals surface area contributed by atoms with E-state index in [0.717, 1.165) is 0 Å². The summed E-state index contributed by atoms with van der Waals surface area (Å²) in [4.78, 5) is 22.4. The Balaban J connectivity index is 2.66. The second-order valence-corrected chi connectivity index (χ2v) is 4.73. The van der Waals surface area contributed by atoms with Crippen LogP contribution in [0.3, 0.4) is 0 Å². The summed E-state index contributed by atoms with van der Waals surface area (Å²) < 4.78 is 10.5. The number of rotatable bonds is 6. The Labute approximate surface area is 94.9 Å². The minimum Gasteiger partial charge on any atom is -0.486 e. The van der Waals surface area contributed by atoms with Crippen molar-refractivity contribution in [3.8, 4) is 11.5 Å². The second kappa shape index (κ2) is 5.14. The van der Waals surface area contributed by atoms with E-state index in [-0.39, 0.29) is 11.5 Å². The molecule has 16 heavy (non-hydrogen) atoms. The molecule has 0 aliphatic carbocycles. The maximum atomic E-state index is 11.2. The van der Waals surface area contributed by atoms with Crippen LogP contribution in [0.2, 0.25) is 0 Å². The Kier molecular flexibility index (Phi) is 4.10. The lowest BCUT2D eigenvalue weighted by molar-refractivity contribution is 0.219. The molecule has 4 nitrogen and oxygen atoms in total. The zero-order valence-electron chi connectivity index (χ0n) is 10.2. The Morgan fingerprint density at radius 1 is 0.812 bits per heavy atom. The summed E-state index contributed by atoms with van der Waals surface area (Å²) in [5.41, 5.74) is -1.14. The van der Waals surface area contributed by atoms with Crippen LogP contribution in [-0.4, -0.2) is 13.2 Å². The van der Waals surface area contributed by atoms with Crippen molar-refractivity contribution in [2.24, 2.45) is 11.8 Å². The lowest BCUT2D eigenvalue weighted by Gasteiger charge is -2.15. The molecule has 0 aromatic heterocycles. The van der Waals surface area contributed by atoms with Gasteiger partial charge < -0.3 is 9.47 Å². The van der Waals surface area contributed by atoms with Gasteiger partial charge in [-0.05, 0) is 11.8 Å². The topological polar surface area (TPSA) is 52.6 Å². The van der Waals surface area contributed by atoms with E-state index in [4.69, 9.17) is 9.47 Å². The third-order valence-electron chi connectivity index (χ3n) is 1.95. The van der Waals surface area contributed by atoms with Crippen molar-refractivity contribution in [1.29, 1.82) is 0 Å². The highest BCUT2D eigenvalue weighted by Gasteiger charge is 2.24. The van der Waals surface area contributed by atoms with E-state index in [1.165, 1.54) is 0 Å². The highest BCUT2D eigenvalue weighted by molar-refractivity contribution is 5.45. The summed E-state index contributed by atoms with van der Waals surface area (Å²) >= 11 is 0. The number of ether oxygens (including phenoxy) is 2. The van der Waals surface area contributed by atoms with E-state index in [9.17, 15) is 9.59 Å². The van der Waals surface area contributed by atoms with Gasteiger partial charge in [-0.3, -0.25) is 9.59 Å². The fourth-order valence-corrected chi connectivity index (χ4v) is 1.11. The SMILES string of the molecule is CC(C)COc1c(OCC(C)C)c(=O)c1=O. The van der Waals surface area contributed by atoms with Crippen LogP contribution in [0, 0.1) is 11.8 Å². The summed E-state index contributed by atoms with van der Waals surface area (Å²) in [7, 11) is 0. The first kappa shape index (κ1) is 12.7. The first-order chi connectivity index (χ1) is 7.43. The molecule has 0 aliphatic rings. The molecule has 1 aromatic rings. The van der Waals surface area contributed by atoms with Crippen LogP contribution < -0.4 is 20.3 Å². The lowest BCUT2D eigenvalue weighted by atomic mass is 10.2. The van der Waals surface area contributed by atoms with Crippen LogP contribution in [-0.2, 0) is 0 Å². The summed E-state index contributed by atoms with van der Waals surface area (Å²) in [6.45, 7) is 8.73. The molecular formula is C12H18O4. The van der Waals surface area contributed by atoms with E-state index >= 15 is 0 Å². The molecule has 0 N–H and O–H groups in total. The van der Waals surface area contributed by atoms with E-state index in [1.54, 1.807) is 0 Å². The van der Waals surface area contributed by atoms with Gasteiger partial charge in [-0.2, -0.15) is 0 Å². The van der Waals surface area contributed by atoms with Gasteiger partial charge in [-0.1, -0.05) is 27.7 Å². The van der Waals surface area contributed by atoms with E-state index in [0.29, 0.717) is 25.0 Å². The van der Waals surface area contributed by atoms with Crippen molar-refractivity contribution in [3.63, 3.8) is 0 Å². The predicted octanol–water partition coefficient (Wildman–Crippen LogP) is 1.35. The molecular weight excluding hydrogens is 208 g/mol. The fraction of sp³-hybridized carbons (Fsp3) is 0.667. The maximum absolute atomic E-state index is 11.2. The van der Waals surface area contributed by atoms with Crippen LogP contribution in [0.1, 0.15) is 27.7 Å². The molecule has 0 bridgehead atoms. The predicted molar refractivity (Wildman–Crippen MR) is 62.0 cm³/mol. The van der Waals surface area contributed by atoms with Gasteiger partial charge in [-0.15, -0.1) is 0 Å². The normalized spacial score (nSPS) is 11.4. The van der Waals surface area contributed by atoms with Gasteiger partial charge >= 0.3 is 0 Å². The largest absolute Gasteiger partial charge is 0.486 e. The lowest BCUT2D eigenvalue weighted by Crippen LogP contribution is -2.35. The van der Waals surface area contributed by atoms with Crippen LogP contribution in [0.5, 0.6) is 11.5 Å². The molecule has 0 radical (unpaired) electrons. The fourth-order valence-electron chi connectivity index (χ4n) is 1.11. The second-order valence-electron chi connectivity index (χ2n) is 4.73. The van der Waals surface area contributed by atoms with Crippen molar-refractivity contribution in [1.82, 2.24) is 0 Å². The highest BCUT2D eigenvalue weighted by Crippen LogP contribution is 2.21. The average Bonchev–Trinajstić information content (AvgIpc) is 2.20. The van der Waals surface area contributed by atoms with Crippen LogP contribution in [0.15, 0.2) is 9.59 Å². The van der Waals surface area contributed by atoms with Crippen molar-refractivity contribution in [2.75, 3.05) is 13.2 Å². The highest BCUT2D eigenvalue weighted by atomic mass is 16.5. The maximum Gasteiger partial charge on any atom is 0.275 e. The molecule has 0 saturated heterocycles. The molecule has 0 heterocycles. The minimum atomic E-state index is -0.570. The Bertz CT molecular complexity index is 371. The molecule has 1 rings (SSSR count). The molecule has 0 unspecified atom stereocenters. The van der Waals surface area contributed by atoms with Crippen LogP contribution in [0.25, 0.3) is 0 Å². The van der Waals surface area contributed by atoms with Gasteiger partial charge in [-0.25, -0.2) is 0 Å². The molecule has 0 aliphatic heterocycles. The van der Waals surface area contributed by atoms with Crippen molar-refractivity contribution < 1.29 is 9.47 Å². The third kappa shape index (κ3) is 2.84. The molecule has 4 heteroatoms. The Morgan fingerprint density at radius 2 is 1.12 bits per heavy atom.